The Bertz CT molecular complexity index is 11.6. The maximum absolute atomic E-state index is 8.63. The van der Waals surface area contributed by atoms with E-state index in [0.29, 0.717) is 0 Å². The van der Waals surface area contributed by atoms with Crippen molar-refractivity contribution in [3.63, 3.8) is 0 Å². The van der Waals surface area contributed by atoms with Gasteiger partial charge < -0.3 is 8.40 Å². The molecule has 5 heavy (non-hydrogen) atoms. The van der Waals surface area contributed by atoms with Gasteiger partial charge in [-0.05, 0) is 4.20 Å². The molecule has 0 aliphatic heterocycles. The van der Waals surface area contributed by atoms with Crippen LogP contribution in [0.25, 0.3) is 0 Å². The molecule has 3 nitrogen and oxygen atoms in total. The molecule has 0 aromatic heterocycles. The van der Waals surface area contributed by atoms with Gasteiger partial charge in [0.25, 0.3) is 0 Å². The van der Waals surface area contributed by atoms with Gasteiger partial charge in [-0.1, -0.05) is 0 Å². The van der Waals surface area contributed by atoms with E-state index in [4.69, 9.17) is 12.6 Å². The third kappa shape index (κ3) is 26.6. The van der Waals surface area contributed by atoms with Crippen LogP contribution in [0.1, 0.15) is 0 Å². The summed E-state index contributed by atoms with van der Waals surface area (Å²) in [6, 6.07) is 0. The summed E-state index contributed by atoms with van der Waals surface area (Å²) in [6.45, 7) is 0. The van der Waals surface area contributed by atoms with Crippen LogP contribution < -0.4 is 8.40 Å². The number of halogens is 1. The quantitative estimate of drug-likeness (QED) is 0.512. The Labute approximate surface area is 68.2 Å². The molecule has 0 saturated heterocycles. The Morgan fingerprint density at radius 1 is 1.40 bits per heavy atom. The van der Waals surface area contributed by atoms with Gasteiger partial charge in [0.2, 0.25) is 0 Å². The van der Waals surface area contributed by atoms with Crippen LogP contribution in [0.2, 0.25) is 0 Å². The van der Waals surface area contributed by atoms with Crippen molar-refractivity contribution in [2.45, 2.75) is 0 Å². The molecule has 0 aliphatic carbocycles. The van der Waals surface area contributed by atoms with Crippen LogP contribution in [-0.4, -0.2) is 4.20 Å². The smallest absolute Gasteiger partial charge is 0.372 e. The molecule has 0 atom stereocenters. The molecule has 1 N–H and O–H groups in total. The third-order valence-electron chi connectivity index (χ3n) is 0. The zero-order chi connectivity index (χ0) is 3.58. The standard InChI is InChI=1S/BrHO3.Ce/c2-1(3)4;/h2H;. The van der Waals surface area contributed by atoms with E-state index in [1.54, 1.807) is 0 Å². The molecule has 0 heterocycles. The SMILES string of the molecule is [Ce].[O-][Br+2]([O-])O. The van der Waals surface area contributed by atoms with Gasteiger partial charge in [0, 0.05) is 41.7 Å². The van der Waals surface area contributed by atoms with Crippen molar-refractivity contribution in [3.05, 3.63) is 0 Å². The fraction of sp³-hybridized carbons (Fsp3) is 0. The normalized spacial score (nSPS) is 7.20. The predicted octanol–water partition coefficient (Wildman–Crippen LogP) is -2.94. The topological polar surface area (TPSA) is 66.3 Å². The Hall–Kier alpha value is 1.74. The zero-order valence-electron chi connectivity index (χ0n) is 2.14. The second kappa shape index (κ2) is 5.74. The fourth-order valence-electron chi connectivity index (χ4n) is 0. The first-order chi connectivity index (χ1) is 1.73. The maximum atomic E-state index is 8.63. The van der Waals surface area contributed by atoms with E-state index in [-0.39, 0.29) is 41.7 Å². The second-order valence-electron chi connectivity index (χ2n) is 0.201. The molecule has 0 fully saturated rings. The molecule has 0 spiro atoms. The Balaban J connectivity index is 0. The summed E-state index contributed by atoms with van der Waals surface area (Å²) < 4.78 is 24.3. The van der Waals surface area contributed by atoms with E-state index in [0.717, 1.165) is 0 Å². The van der Waals surface area contributed by atoms with Crippen LogP contribution >= 0.6 is 0 Å². The van der Waals surface area contributed by atoms with E-state index in [1.807, 2.05) is 0 Å². The molecular formula is HBrCeO3. The van der Waals surface area contributed by atoms with Crippen LogP contribution in [0.4, 0.5) is 0 Å². The summed E-state index contributed by atoms with van der Waals surface area (Å²) in [4.78, 5) is 0. The molecule has 0 saturated carbocycles. The van der Waals surface area contributed by atoms with E-state index >= 15 is 0 Å². The molecule has 5 heteroatoms. The van der Waals surface area contributed by atoms with Crippen molar-refractivity contribution in [1.82, 2.24) is 0 Å². The Kier molecular flexibility index (Phi) is 11.3. The summed E-state index contributed by atoms with van der Waals surface area (Å²) in [6.07, 6.45) is 0. The predicted molar refractivity (Wildman–Crippen MR) is 2.22 cm³/mol. The van der Waals surface area contributed by atoms with Gasteiger partial charge in [-0.15, -0.1) is 0 Å². The number of hydrogen-bond acceptors (Lipinski definition) is 3. The molecule has 0 bridgehead atoms. The van der Waals surface area contributed by atoms with Crippen molar-refractivity contribution in [1.29, 1.82) is 0 Å². The average Bonchev–Trinajstić information content (AvgIpc) is 0.811. The molecule has 0 aliphatic rings. The largest absolute Gasteiger partial charge is 0.433 e. The molecule has 0 rings (SSSR count). The molecule has 0 radical (unpaired) electrons. The van der Waals surface area contributed by atoms with E-state index in [2.05, 4.69) is 0 Å². The van der Waals surface area contributed by atoms with Crippen LogP contribution in [-0.2, 0) is 0 Å². The monoisotopic (exact) mass is 268 g/mol. The third-order valence-corrected chi connectivity index (χ3v) is 0. The summed E-state index contributed by atoms with van der Waals surface area (Å²) in [7, 11) is 0. The van der Waals surface area contributed by atoms with Crippen molar-refractivity contribution >= 4 is 0 Å². The summed E-state index contributed by atoms with van der Waals surface area (Å²) in [5, 5.41) is 0. The molecule has 0 unspecified atom stereocenters. The molecule has 0 amide bonds. The first-order valence-electron chi connectivity index (χ1n) is 0.478. The van der Waals surface area contributed by atoms with Gasteiger partial charge in [0.1, 0.15) is 0 Å². The van der Waals surface area contributed by atoms with Gasteiger partial charge >= 0.3 is 14.8 Å². The fourth-order valence-corrected chi connectivity index (χ4v) is 0. The van der Waals surface area contributed by atoms with Crippen LogP contribution in [0.5, 0.6) is 0 Å². The van der Waals surface area contributed by atoms with Gasteiger partial charge in [-0.25, -0.2) is 0 Å². The first kappa shape index (κ1) is 9.88. The minimum absolute atomic E-state index is 0. The van der Waals surface area contributed by atoms with Crippen LogP contribution in [0.3, 0.4) is 0 Å². The Morgan fingerprint density at radius 3 is 1.40 bits per heavy atom. The van der Waals surface area contributed by atoms with Gasteiger partial charge in [-0.2, -0.15) is 0 Å². The van der Waals surface area contributed by atoms with Gasteiger partial charge in [0.05, 0.1) is 0 Å². The van der Waals surface area contributed by atoms with Gasteiger partial charge in [-0.3, -0.25) is 0 Å². The van der Waals surface area contributed by atoms with Crippen molar-refractivity contribution in [2.24, 2.45) is 0 Å². The van der Waals surface area contributed by atoms with E-state index < -0.39 is 14.8 Å². The number of rotatable bonds is 0. The van der Waals surface area contributed by atoms with Crippen molar-refractivity contribution in [2.75, 3.05) is 0 Å². The average molecular weight is 269 g/mol. The molecular weight excluding hydrogens is 268 g/mol. The van der Waals surface area contributed by atoms with Gasteiger partial charge in [0.15, 0.2) is 0 Å². The molecule has 30 valence electrons. The minimum atomic E-state index is -3.40. The Morgan fingerprint density at radius 2 is 1.40 bits per heavy atom. The molecule has 0 aromatic rings. The summed E-state index contributed by atoms with van der Waals surface area (Å²) in [5.41, 5.74) is 0. The van der Waals surface area contributed by atoms with Crippen LogP contribution in [0.15, 0.2) is 0 Å². The molecule has 0 aromatic carbocycles. The second-order valence-corrected chi connectivity index (χ2v) is 1.04. The van der Waals surface area contributed by atoms with Crippen LogP contribution in [0, 0.1) is 56.6 Å². The van der Waals surface area contributed by atoms with E-state index in [1.165, 1.54) is 0 Å². The first-order valence-corrected chi connectivity index (χ1v) is 2.48. The minimum Gasteiger partial charge on any atom is -0.372 e. The van der Waals surface area contributed by atoms with Crippen molar-refractivity contribution < 1.29 is 69.2 Å². The van der Waals surface area contributed by atoms with E-state index in [9.17, 15) is 0 Å². The summed E-state index contributed by atoms with van der Waals surface area (Å²) >= 11 is -3.40. The number of hydrogen-bond donors (Lipinski definition) is 1. The summed E-state index contributed by atoms with van der Waals surface area (Å²) in [5.74, 6) is 0. The maximum Gasteiger partial charge on any atom is 0.433 e. The van der Waals surface area contributed by atoms with Crippen molar-refractivity contribution in [3.8, 4) is 0 Å². The zero-order valence-corrected chi connectivity index (χ0v) is 6.87.